The molecule has 0 bridgehead atoms. The van der Waals surface area contributed by atoms with Gasteiger partial charge in [-0.05, 0) is 43.2 Å². The molecule has 1 heterocycles. The smallest absolute Gasteiger partial charge is 0.321 e. The van der Waals surface area contributed by atoms with Crippen LogP contribution in [0.2, 0.25) is 0 Å². The van der Waals surface area contributed by atoms with E-state index in [1.54, 1.807) is 30.1 Å². The fourth-order valence-corrected chi connectivity index (χ4v) is 3.02. The van der Waals surface area contributed by atoms with E-state index < -0.39 is 0 Å². The third kappa shape index (κ3) is 4.36. The van der Waals surface area contributed by atoms with Crippen LogP contribution in [0.4, 0.5) is 16.2 Å². The van der Waals surface area contributed by atoms with Crippen LogP contribution in [0.1, 0.15) is 12.8 Å². The van der Waals surface area contributed by atoms with E-state index in [0.29, 0.717) is 30.3 Å². The predicted octanol–water partition coefficient (Wildman–Crippen LogP) is 3.34. The van der Waals surface area contributed by atoms with Gasteiger partial charge in [-0.3, -0.25) is 4.79 Å². The number of amides is 3. The van der Waals surface area contributed by atoms with Crippen molar-refractivity contribution in [1.82, 2.24) is 4.90 Å². The molecule has 0 spiro atoms. The van der Waals surface area contributed by atoms with Gasteiger partial charge in [0.25, 0.3) is 0 Å². The normalized spacial score (nSPS) is 17.5. The minimum Gasteiger partial charge on any atom is -0.486 e. The van der Waals surface area contributed by atoms with Gasteiger partial charge in [0.1, 0.15) is 6.61 Å². The molecule has 7 nitrogen and oxygen atoms in total. The van der Waals surface area contributed by atoms with Crippen molar-refractivity contribution in [2.75, 3.05) is 30.8 Å². The summed E-state index contributed by atoms with van der Waals surface area (Å²) in [7, 11) is 1.71. The Hall–Kier alpha value is -3.22. The van der Waals surface area contributed by atoms with Gasteiger partial charge >= 0.3 is 6.03 Å². The van der Waals surface area contributed by atoms with Gasteiger partial charge in [-0.15, -0.1) is 0 Å². The van der Waals surface area contributed by atoms with Gasteiger partial charge in [-0.1, -0.05) is 18.2 Å². The Bertz CT molecular complexity index is 881. The van der Waals surface area contributed by atoms with Crippen LogP contribution in [-0.4, -0.2) is 43.1 Å². The zero-order valence-corrected chi connectivity index (χ0v) is 15.7. The van der Waals surface area contributed by atoms with Gasteiger partial charge in [0.15, 0.2) is 17.6 Å². The first-order valence-electron chi connectivity index (χ1n) is 9.40. The van der Waals surface area contributed by atoms with E-state index in [4.69, 9.17) is 9.47 Å². The Labute approximate surface area is 163 Å². The molecule has 28 heavy (non-hydrogen) atoms. The second-order valence-electron chi connectivity index (χ2n) is 7.15. The molecule has 0 saturated heterocycles. The van der Waals surface area contributed by atoms with Crippen LogP contribution in [0.5, 0.6) is 11.5 Å². The highest BCUT2D eigenvalue weighted by molar-refractivity contribution is 5.95. The van der Waals surface area contributed by atoms with Crippen molar-refractivity contribution < 1.29 is 19.1 Å². The predicted molar refractivity (Wildman–Crippen MR) is 106 cm³/mol. The Morgan fingerprint density at radius 3 is 2.50 bits per heavy atom. The van der Waals surface area contributed by atoms with E-state index in [-0.39, 0.29) is 24.0 Å². The van der Waals surface area contributed by atoms with Crippen LogP contribution in [0.15, 0.2) is 48.5 Å². The molecule has 1 aliphatic carbocycles. The fourth-order valence-electron chi connectivity index (χ4n) is 3.02. The molecule has 2 N–H and O–H groups in total. The first-order valence-corrected chi connectivity index (χ1v) is 9.40. The van der Waals surface area contributed by atoms with Crippen LogP contribution in [0.25, 0.3) is 0 Å². The van der Waals surface area contributed by atoms with Crippen LogP contribution >= 0.6 is 0 Å². The number of benzene rings is 2. The van der Waals surface area contributed by atoms with E-state index in [9.17, 15) is 9.59 Å². The lowest BCUT2D eigenvalue weighted by Gasteiger charge is -2.29. The van der Waals surface area contributed by atoms with Crippen molar-refractivity contribution in [2.24, 2.45) is 5.92 Å². The molecule has 7 heteroatoms. The van der Waals surface area contributed by atoms with Crippen molar-refractivity contribution in [3.05, 3.63) is 48.5 Å². The first-order chi connectivity index (χ1) is 13.6. The zero-order valence-electron chi connectivity index (χ0n) is 15.7. The Balaban J connectivity index is 1.31. The summed E-state index contributed by atoms with van der Waals surface area (Å²) in [6, 6.07) is 14.4. The highest BCUT2D eigenvalue weighted by atomic mass is 16.6. The lowest BCUT2D eigenvalue weighted by molar-refractivity contribution is -0.117. The average molecular weight is 381 g/mol. The third-order valence-electron chi connectivity index (χ3n) is 4.72. The molecule has 1 aliphatic heterocycles. The highest BCUT2D eigenvalue weighted by Crippen LogP contribution is 2.31. The number of para-hydroxylation sites is 2. The van der Waals surface area contributed by atoms with Crippen molar-refractivity contribution in [3.63, 3.8) is 0 Å². The number of nitrogens with zero attached hydrogens (tertiary/aromatic N) is 1. The molecule has 2 aromatic carbocycles. The van der Waals surface area contributed by atoms with Crippen LogP contribution in [0.3, 0.4) is 0 Å². The number of urea groups is 1. The van der Waals surface area contributed by atoms with Gasteiger partial charge in [0, 0.05) is 24.3 Å². The summed E-state index contributed by atoms with van der Waals surface area (Å²) in [6.45, 7) is 0.773. The molecular weight excluding hydrogens is 358 g/mol. The monoisotopic (exact) mass is 381 g/mol. The summed E-state index contributed by atoms with van der Waals surface area (Å²) >= 11 is 0. The maximum atomic E-state index is 12.5. The molecule has 2 aliphatic rings. The molecule has 1 unspecified atom stereocenters. The number of rotatable bonds is 5. The SMILES string of the molecule is CN(CC1COc2ccccc2O1)C(=O)Nc1cccc(NC(=O)C2CC2)c1. The molecule has 4 rings (SSSR count). The van der Waals surface area contributed by atoms with E-state index >= 15 is 0 Å². The van der Waals surface area contributed by atoms with Crippen LogP contribution in [-0.2, 0) is 4.79 Å². The molecule has 1 fully saturated rings. The maximum absolute atomic E-state index is 12.5. The van der Waals surface area contributed by atoms with Crippen molar-refractivity contribution in [2.45, 2.75) is 18.9 Å². The highest BCUT2D eigenvalue weighted by Gasteiger charge is 2.29. The minimum absolute atomic E-state index is 0.0373. The summed E-state index contributed by atoms with van der Waals surface area (Å²) in [6.07, 6.45) is 1.66. The number of carbonyl (C=O) groups excluding carboxylic acids is 2. The molecule has 0 aromatic heterocycles. The number of hydrogen-bond donors (Lipinski definition) is 2. The number of hydrogen-bond acceptors (Lipinski definition) is 4. The molecule has 146 valence electrons. The fraction of sp³-hybridized carbons (Fsp3) is 0.333. The molecule has 2 aromatic rings. The largest absolute Gasteiger partial charge is 0.486 e. The molecule has 3 amide bonds. The quantitative estimate of drug-likeness (QED) is 0.833. The molecule has 1 saturated carbocycles. The van der Waals surface area contributed by atoms with E-state index in [0.717, 1.165) is 18.6 Å². The third-order valence-corrected chi connectivity index (χ3v) is 4.72. The lowest BCUT2D eigenvalue weighted by Crippen LogP contribution is -2.43. The van der Waals surface area contributed by atoms with Crippen LogP contribution in [0, 0.1) is 5.92 Å². The Kier molecular flexibility index (Phi) is 5.06. The average Bonchev–Trinajstić information content (AvgIpc) is 3.53. The van der Waals surface area contributed by atoms with Gasteiger partial charge in [0.2, 0.25) is 5.91 Å². The van der Waals surface area contributed by atoms with Gasteiger partial charge in [-0.25, -0.2) is 4.79 Å². The second kappa shape index (κ2) is 7.80. The van der Waals surface area contributed by atoms with Gasteiger partial charge < -0.3 is 25.0 Å². The lowest BCUT2D eigenvalue weighted by atomic mass is 10.2. The number of likely N-dealkylation sites (N-methyl/N-ethyl adjacent to an activating group) is 1. The van der Waals surface area contributed by atoms with Crippen molar-refractivity contribution in [3.8, 4) is 11.5 Å². The molecule has 0 radical (unpaired) electrons. The van der Waals surface area contributed by atoms with E-state index in [2.05, 4.69) is 10.6 Å². The topological polar surface area (TPSA) is 79.9 Å². The maximum Gasteiger partial charge on any atom is 0.321 e. The van der Waals surface area contributed by atoms with Crippen LogP contribution < -0.4 is 20.1 Å². The second-order valence-corrected chi connectivity index (χ2v) is 7.15. The number of ether oxygens (including phenoxy) is 2. The standard InChI is InChI=1S/C21H23N3O4/c1-24(12-17-13-27-18-7-2-3-8-19(18)28-17)21(26)23-16-6-4-5-15(11-16)22-20(25)14-9-10-14/h2-8,11,14,17H,9-10,12-13H2,1H3,(H,22,25)(H,23,26). The number of carbonyl (C=O) groups is 2. The minimum atomic E-state index is -0.256. The number of nitrogens with one attached hydrogen (secondary N) is 2. The first kappa shape index (κ1) is 18.2. The van der Waals surface area contributed by atoms with E-state index in [1.807, 2.05) is 30.3 Å². The summed E-state index contributed by atoms with van der Waals surface area (Å²) in [5.74, 6) is 1.57. The number of fused-ring (bicyclic) bond motifs is 1. The van der Waals surface area contributed by atoms with Crippen molar-refractivity contribution >= 4 is 23.3 Å². The number of anilines is 2. The van der Waals surface area contributed by atoms with Gasteiger partial charge in [0.05, 0.1) is 6.54 Å². The molecular formula is C21H23N3O4. The Morgan fingerprint density at radius 2 is 1.75 bits per heavy atom. The van der Waals surface area contributed by atoms with E-state index in [1.165, 1.54) is 0 Å². The molecule has 1 atom stereocenters. The summed E-state index contributed by atoms with van der Waals surface area (Å²) in [4.78, 5) is 26.0. The van der Waals surface area contributed by atoms with Crippen molar-refractivity contribution in [1.29, 1.82) is 0 Å². The zero-order chi connectivity index (χ0) is 19.5. The summed E-state index contributed by atoms with van der Waals surface area (Å²) in [5.41, 5.74) is 1.30. The van der Waals surface area contributed by atoms with Gasteiger partial charge in [-0.2, -0.15) is 0 Å². The summed E-state index contributed by atoms with van der Waals surface area (Å²) in [5, 5.41) is 5.73. The Morgan fingerprint density at radius 1 is 1.04 bits per heavy atom. The summed E-state index contributed by atoms with van der Waals surface area (Å²) < 4.78 is 11.6.